The van der Waals surface area contributed by atoms with Gasteiger partial charge in [-0.3, -0.25) is 0 Å². The Morgan fingerprint density at radius 3 is 2.68 bits per heavy atom. The number of nitrogens with one attached hydrogen (secondary N) is 2. The molecule has 0 radical (unpaired) electrons. The third-order valence-corrected chi connectivity index (χ3v) is 5.95. The van der Waals surface area contributed by atoms with Gasteiger partial charge >= 0.3 is 0 Å². The van der Waals surface area contributed by atoms with Crippen LogP contribution in [0.15, 0.2) is 41.8 Å². The van der Waals surface area contributed by atoms with Crippen LogP contribution in [0.5, 0.6) is 0 Å². The maximum absolute atomic E-state index is 7.74. The van der Waals surface area contributed by atoms with E-state index < -0.39 is 0 Å². The van der Waals surface area contributed by atoms with Crippen molar-refractivity contribution < 1.29 is 0 Å². The monoisotopic (exact) mass is 436 g/mol. The summed E-state index contributed by atoms with van der Waals surface area (Å²) < 4.78 is 1.21. The van der Waals surface area contributed by atoms with Crippen LogP contribution in [0.1, 0.15) is 16.7 Å². The molecule has 0 spiro atoms. The number of fused-ring (bicyclic) bond motifs is 1. The number of halogens is 1. The van der Waals surface area contributed by atoms with E-state index in [0.717, 1.165) is 17.7 Å². The molecule has 0 fully saturated rings. The van der Waals surface area contributed by atoms with Crippen LogP contribution in [0.2, 0.25) is 0 Å². The molecule has 3 rings (SSSR count). The molecule has 0 aliphatic rings. The molecule has 2 aromatic carbocycles. The quantitative estimate of drug-likeness (QED) is 0.269. The molecular weight excluding hydrogens is 421 g/mol. The Bertz CT molecular complexity index is 817. The fourth-order valence-electron chi connectivity index (χ4n) is 2.54. The molecule has 1 aromatic heterocycles. The van der Waals surface area contributed by atoms with Crippen molar-refractivity contribution in [3.63, 3.8) is 0 Å². The molecule has 6 heteroatoms. The fourth-order valence-corrected chi connectivity index (χ4v) is 4.82. The summed E-state index contributed by atoms with van der Waals surface area (Å²) in [4.78, 5) is 0. The zero-order chi connectivity index (χ0) is 15.5. The number of hydrogen-bond donors (Lipinski definition) is 2. The summed E-state index contributed by atoms with van der Waals surface area (Å²) in [6.07, 6.45) is 3.02. The maximum Gasteiger partial charge on any atom is 0.139 e. The van der Waals surface area contributed by atoms with Crippen molar-refractivity contribution in [1.29, 1.82) is 5.41 Å². The summed E-state index contributed by atoms with van der Waals surface area (Å²) in [5.41, 5.74) is 6.02. The lowest BCUT2D eigenvalue weighted by molar-refractivity contribution is 1.23. The van der Waals surface area contributed by atoms with E-state index in [4.69, 9.17) is 5.41 Å². The zero-order valence-electron chi connectivity index (χ0n) is 12.1. The standard InChI is InChI=1S/C16H15BIN2PS/c17-12-3-1-10(2-4-12)7-11-9-22-16-13(11)5-6-15(20-21-18)14(16)8-19/h1-6,8-9,19-21H,7,17H2. The molecule has 2 N–H and O–H groups in total. The van der Waals surface area contributed by atoms with Gasteiger partial charge in [0.2, 0.25) is 0 Å². The van der Waals surface area contributed by atoms with Gasteiger partial charge in [0.25, 0.3) is 0 Å². The Hall–Kier alpha value is -0.905. The van der Waals surface area contributed by atoms with Gasteiger partial charge in [0, 0.05) is 28.5 Å². The van der Waals surface area contributed by atoms with Crippen molar-refractivity contribution in [3.05, 3.63) is 58.5 Å². The average Bonchev–Trinajstić information content (AvgIpc) is 2.93. The third kappa shape index (κ3) is 3.22. The SMILES string of the molecule is Bc1ccc(Cc2csc3c(C=N)c(NPI)ccc23)cc1. The minimum absolute atomic E-state index is 0.610. The van der Waals surface area contributed by atoms with E-state index in [9.17, 15) is 0 Å². The predicted molar refractivity (Wildman–Crippen MR) is 113 cm³/mol. The van der Waals surface area contributed by atoms with Crippen molar-refractivity contribution in [2.24, 2.45) is 0 Å². The van der Waals surface area contributed by atoms with Gasteiger partial charge in [0.15, 0.2) is 0 Å². The lowest BCUT2D eigenvalue weighted by Crippen LogP contribution is -2.00. The van der Waals surface area contributed by atoms with Crippen molar-refractivity contribution in [3.8, 4) is 0 Å². The van der Waals surface area contributed by atoms with E-state index >= 15 is 0 Å². The smallest absolute Gasteiger partial charge is 0.139 e. The molecule has 1 atom stereocenters. The van der Waals surface area contributed by atoms with E-state index in [1.54, 1.807) is 11.3 Å². The number of benzene rings is 2. The van der Waals surface area contributed by atoms with Gasteiger partial charge in [-0.05, 0) is 56.4 Å². The molecule has 2 nitrogen and oxygen atoms in total. The highest BCUT2D eigenvalue weighted by atomic mass is 127. The van der Waals surface area contributed by atoms with Crippen molar-refractivity contribution in [2.45, 2.75) is 6.42 Å². The minimum Gasteiger partial charge on any atom is -0.358 e. The average molecular weight is 436 g/mol. The van der Waals surface area contributed by atoms with Gasteiger partial charge in [-0.25, -0.2) is 0 Å². The molecular formula is C16H15BIN2PS. The van der Waals surface area contributed by atoms with Gasteiger partial charge in [-0.2, -0.15) is 0 Å². The Morgan fingerprint density at radius 1 is 1.23 bits per heavy atom. The number of rotatable bonds is 5. The molecule has 0 bridgehead atoms. The summed E-state index contributed by atoms with van der Waals surface area (Å²) in [7, 11) is 2.11. The lowest BCUT2D eigenvalue weighted by Gasteiger charge is -2.08. The fraction of sp³-hybridized carbons (Fsp3) is 0.0625. The number of anilines is 1. The number of hydrogen-bond acceptors (Lipinski definition) is 3. The zero-order valence-corrected chi connectivity index (χ0v) is 16.1. The van der Waals surface area contributed by atoms with Gasteiger partial charge in [-0.1, -0.05) is 35.8 Å². The maximum atomic E-state index is 7.74. The first-order chi connectivity index (χ1) is 10.7. The predicted octanol–water partition coefficient (Wildman–Crippen LogP) is 4.10. The molecule has 22 heavy (non-hydrogen) atoms. The van der Waals surface area contributed by atoms with E-state index in [-0.39, 0.29) is 0 Å². The van der Waals surface area contributed by atoms with Crippen LogP contribution in [-0.2, 0) is 6.42 Å². The van der Waals surface area contributed by atoms with Crippen LogP contribution in [0.3, 0.4) is 0 Å². The van der Waals surface area contributed by atoms with Gasteiger partial charge in [0.1, 0.15) is 7.85 Å². The highest BCUT2D eigenvalue weighted by Crippen LogP contribution is 2.36. The van der Waals surface area contributed by atoms with Gasteiger partial charge in [0.05, 0.1) is 0 Å². The van der Waals surface area contributed by atoms with Crippen molar-refractivity contribution in [2.75, 3.05) is 5.09 Å². The molecule has 0 saturated heterocycles. The Kier molecular flexibility index (Phi) is 5.16. The molecule has 110 valence electrons. The minimum atomic E-state index is 0.610. The summed E-state index contributed by atoms with van der Waals surface area (Å²) in [6.45, 7) is 0. The first-order valence-corrected chi connectivity index (χ1v) is 11.9. The molecule has 0 saturated carbocycles. The number of thiophene rings is 1. The van der Waals surface area contributed by atoms with Crippen LogP contribution < -0.4 is 10.6 Å². The molecule has 0 aliphatic heterocycles. The molecule has 0 aliphatic carbocycles. The van der Waals surface area contributed by atoms with Crippen LogP contribution in [0, 0.1) is 5.41 Å². The van der Waals surface area contributed by atoms with Crippen molar-refractivity contribution in [1.82, 2.24) is 0 Å². The molecule has 1 unspecified atom stereocenters. The van der Waals surface area contributed by atoms with Crippen LogP contribution in [0.4, 0.5) is 5.69 Å². The summed E-state index contributed by atoms with van der Waals surface area (Å²) in [5.74, 6) is 0. The first-order valence-electron chi connectivity index (χ1n) is 6.93. The lowest BCUT2D eigenvalue weighted by atomic mass is 9.94. The summed E-state index contributed by atoms with van der Waals surface area (Å²) in [5, 5.41) is 14.6. The summed E-state index contributed by atoms with van der Waals surface area (Å²) in [6, 6.07) is 13.0. The molecule has 0 amide bonds. The summed E-state index contributed by atoms with van der Waals surface area (Å²) >= 11 is 4.05. The second kappa shape index (κ2) is 7.11. The van der Waals surface area contributed by atoms with E-state index in [1.807, 2.05) is 0 Å². The Labute approximate surface area is 150 Å². The van der Waals surface area contributed by atoms with E-state index in [2.05, 4.69) is 76.8 Å². The normalized spacial score (nSPS) is 11.3. The largest absolute Gasteiger partial charge is 0.358 e. The highest BCUT2D eigenvalue weighted by Gasteiger charge is 2.11. The van der Waals surface area contributed by atoms with E-state index in [0.29, 0.717) is 6.37 Å². The molecule has 1 heterocycles. The van der Waals surface area contributed by atoms with Crippen molar-refractivity contribution >= 4 is 75.0 Å². The highest BCUT2D eigenvalue weighted by molar-refractivity contribution is 14.2. The van der Waals surface area contributed by atoms with Gasteiger partial charge < -0.3 is 10.5 Å². The topological polar surface area (TPSA) is 35.9 Å². The van der Waals surface area contributed by atoms with Crippen LogP contribution in [-0.4, -0.2) is 14.1 Å². The second-order valence-corrected chi connectivity index (χ2v) is 8.13. The third-order valence-electron chi connectivity index (χ3n) is 3.70. The van der Waals surface area contributed by atoms with E-state index in [1.165, 1.54) is 32.9 Å². The Morgan fingerprint density at radius 2 is 2.00 bits per heavy atom. The molecule has 3 aromatic rings. The van der Waals surface area contributed by atoms with Crippen LogP contribution >= 0.6 is 39.8 Å². The second-order valence-electron chi connectivity index (χ2n) is 5.19. The van der Waals surface area contributed by atoms with Gasteiger partial charge in [-0.15, -0.1) is 11.3 Å². The van der Waals surface area contributed by atoms with Crippen LogP contribution in [0.25, 0.3) is 10.1 Å². The first kappa shape index (κ1) is 16.0. The Balaban J connectivity index is 2.01.